The van der Waals surface area contributed by atoms with Crippen molar-refractivity contribution in [2.45, 2.75) is 6.42 Å². The second kappa shape index (κ2) is 5.62. The van der Waals surface area contributed by atoms with Crippen molar-refractivity contribution in [3.63, 3.8) is 0 Å². The highest BCUT2D eigenvalue weighted by Crippen LogP contribution is 2.27. The summed E-state index contributed by atoms with van der Waals surface area (Å²) in [6, 6.07) is 14.6. The summed E-state index contributed by atoms with van der Waals surface area (Å²) in [6.45, 7) is 0. The molecule has 0 aliphatic rings. The van der Waals surface area contributed by atoms with E-state index in [1.54, 1.807) is 19.2 Å². The number of methoxy groups -OCH3 is 1. The third-order valence-electron chi connectivity index (χ3n) is 3.27. The van der Waals surface area contributed by atoms with Gasteiger partial charge >= 0.3 is 0 Å². The second-order valence-electron chi connectivity index (χ2n) is 4.72. The lowest BCUT2D eigenvalue weighted by atomic mass is 10.1. The van der Waals surface area contributed by atoms with Gasteiger partial charge in [0.15, 0.2) is 11.3 Å². The van der Waals surface area contributed by atoms with E-state index in [4.69, 9.17) is 20.8 Å². The molecule has 0 N–H and O–H groups in total. The third-order valence-corrected chi connectivity index (χ3v) is 3.57. The van der Waals surface area contributed by atoms with Gasteiger partial charge in [-0.1, -0.05) is 35.9 Å². The summed E-state index contributed by atoms with van der Waals surface area (Å²) in [4.78, 5) is 12.3. The SMILES string of the molecule is COc1cccc(CC(=O)c2cc3cccc(Cl)c3o2)c1. The molecule has 21 heavy (non-hydrogen) atoms. The molecule has 3 nitrogen and oxygen atoms in total. The van der Waals surface area contributed by atoms with Gasteiger partial charge in [-0.25, -0.2) is 0 Å². The van der Waals surface area contributed by atoms with E-state index >= 15 is 0 Å². The first-order valence-corrected chi connectivity index (χ1v) is 6.89. The highest BCUT2D eigenvalue weighted by atomic mass is 35.5. The summed E-state index contributed by atoms with van der Waals surface area (Å²) in [5, 5.41) is 1.34. The average molecular weight is 301 g/mol. The molecule has 0 amide bonds. The van der Waals surface area contributed by atoms with Crippen LogP contribution in [-0.2, 0) is 6.42 Å². The van der Waals surface area contributed by atoms with Gasteiger partial charge < -0.3 is 9.15 Å². The number of Topliss-reactive ketones (excluding diaryl/α,β-unsaturated/α-hetero) is 1. The van der Waals surface area contributed by atoms with Crippen LogP contribution in [0.2, 0.25) is 5.02 Å². The summed E-state index contributed by atoms with van der Waals surface area (Å²) in [6.07, 6.45) is 0.259. The molecular formula is C17H13ClO3. The number of para-hydroxylation sites is 1. The number of ketones is 1. The predicted octanol–water partition coefficient (Wildman–Crippen LogP) is 4.52. The van der Waals surface area contributed by atoms with Crippen LogP contribution in [0.15, 0.2) is 52.9 Å². The van der Waals surface area contributed by atoms with E-state index in [0.717, 1.165) is 16.7 Å². The predicted molar refractivity (Wildman–Crippen MR) is 82.3 cm³/mol. The third kappa shape index (κ3) is 2.78. The van der Waals surface area contributed by atoms with Gasteiger partial charge in [-0.2, -0.15) is 0 Å². The Labute approximate surface area is 127 Å². The minimum atomic E-state index is -0.0875. The van der Waals surface area contributed by atoms with Crippen LogP contribution in [0.3, 0.4) is 0 Å². The van der Waals surface area contributed by atoms with Crippen molar-refractivity contribution in [3.05, 3.63) is 64.9 Å². The van der Waals surface area contributed by atoms with E-state index in [1.165, 1.54) is 0 Å². The Morgan fingerprint density at radius 2 is 2.00 bits per heavy atom. The lowest BCUT2D eigenvalue weighted by Crippen LogP contribution is -2.02. The van der Waals surface area contributed by atoms with Crippen molar-refractivity contribution in [2.24, 2.45) is 0 Å². The molecule has 2 aromatic carbocycles. The number of benzene rings is 2. The first kappa shape index (κ1) is 13.7. The number of fused-ring (bicyclic) bond motifs is 1. The van der Waals surface area contributed by atoms with Crippen molar-refractivity contribution in [1.82, 2.24) is 0 Å². The fraction of sp³-hybridized carbons (Fsp3) is 0.118. The minimum absolute atomic E-state index is 0.0875. The fourth-order valence-electron chi connectivity index (χ4n) is 2.22. The molecular weight excluding hydrogens is 288 g/mol. The van der Waals surface area contributed by atoms with Crippen molar-refractivity contribution in [3.8, 4) is 5.75 Å². The molecule has 1 aromatic heterocycles. The number of carbonyl (C=O) groups excluding carboxylic acids is 1. The van der Waals surface area contributed by atoms with Crippen LogP contribution in [0.25, 0.3) is 11.0 Å². The summed E-state index contributed by atoms with van der Waals surface area (Å²) < 4.78 is 10.7. The van der Waals surface area contributed by atoms with E-state index in [9.17, 15) is 4.79 Å². The standard InChI is InChI=1S/C17H13ClO3/c1-20-13-6-2-4-11(8-13)9-15(19)16-10-12-5-3-7-14(18)17(12)21-16/h2-8,10H,9H2,1H3. The quantitative estimate of drug-likeness (QED) is 0.665. The second-order valence-corrected chi connectivity index (χ2v) is 5.13. The average Bonchev–Trinajstić information content (AvgIpc) is 2.93. The molecule has 0 saturated carbocycles. The number of hydrogen-bond acceptors (Lipinski definition) is 3. The number of halogens is 1. The summed E-state index contributed by atoms with van der Waals surface area (Å²) in [7, 11) is 1.60. The van der Waals surface area contributed by atoms with E-state index in [2.05, 4.69) is 0 Å². The summed E-state index contributed by atoms with van der Waals surface area (Å²) >= 11 is 6.05. The van der Waals surface area contributed by atoms with E-state index in [0.29, 0.717) is 16.4 Å². The van der Waals surface area contributed by atoms with Gasteiger partial charge in [-0.3, -0.25) is 4.79 Å². The molecule has 0 aliphatic carbocycles. The summed E-state index contributed by atoms with van der Waals surface area (Å²) in [5.41, 5.74) is 1.43. The van der Waals surface area contributed by atoms with E-state index in [1.807, 2.05) is 36.4 Å². The van der Waals surface area contributed by atoms with Crippen LogP contribution >= 0.6 is 11.6 Å². The van der Waals surface area contributed by atoms with Gasteiger partial charge in [-0.15, -0.1) is 0 Å². The molecule has 0 atom stereocenters. The largest absolute Gasteiger partial charge is 0.497 e. The molecule has 3 aromatic rings. The van der Waals surface area contributed by atoms with Crippen LogP contribution in [0.1, 0.15) is 16.1 Å². The maximum atomic E-state index is 12.3. The monoisotopic (exact) mass is 300 g/mol. The fourth-order valence-corrected chi connectivity index (χ4v) is 2.44. The molecule has 0 radical (unpaired) electrons. The molecule has 0 unspecified atom stereocenters. The lowest BCUT2D eigenvalue weighted by Gasteiger charge is -2.02. The smallest absolute Gasteiger partial charge is 0.202 e. The molecule has 4 heteroatoms. The zero-order chi connectivity index (χ0) is 14.8. The van der Waals surface area contributed by atoms with Crippen LogP contribution in [-0.4, -0.2) is 12.9 Å². The van der Waals surface area contributed by atoms with Gasteiger partial charge in [0, 0.05) is 11.8 Å². The molecule has 0 saturated heterocycles. The first-order valence-electron chi connectivity index (χ1n) is 6.51. The Kier molecular flexibility index (Phi) is 3.67. The maximum absolute atomic E-state index is 12.3. The van der Waals surface area contributed by atoms with Crippen molar-refractivity contribution in [2.75, 3.05) is 7.11 Å². The molecule has 0 spiro atoms. The molecule has 0 fully saturated rings. The molecule has 1 heterocycles. The summed E-state index contributed by atoms with van der Waals surface area (Å²) in [5.74, 6) is 0.962. The van der Waals surface area contributed by atoms with Gasteiger partial charge in [0.05, 0.1) is 12.1 Å². The zero-order valence-corrected chi connectivity index (χ0v) is 12.2. The molecule has 3 rings (SSSR count). The lowest BCUT2D eigenvalue weighted by molar-refractivity contribution is 0.0968. The van der Waals surface area contributed by atoms with Gasteiger partial charge in [0.1, 0.15) is 5.75 Å². The minimum Gasteiger partial charge on any atom is -0.497 e. The maximum Gasteiger partial charge on any atom is 0.202 e. The van der Waals surface area contributed by atoms with Crippen molar-refractivity contribution < 1.29 is 13.9 Å². The number of carbonyl (C=O) groups is 1. The van der Waals surface area contributed by atoms with Crippen molar-refractivity contribution >= 4 is 28.4 Å². The number of rotatable bonds is 4. The van der Waals surface area contributed by atoms with Crippen LogP contribution in [0.5, 0.6) is 5.75 Å². The molecule has 106 valence electrons. The van der Waals surface area contributed by atoms with E-state index in [-0.39, 0.29) is 12.2 Å². The molecule has 0 aliphatic heterocycles. The number of hydrogen-bond donors (Lipinski definition) is 0. The highest BCUT2D eigenvalue weighted by molar-refractivity contribution is 6.34. The van der Waals surface area contributed by atoms with Crippen molar-refractivity contribution in [1.29, 1.82) is 0 Å². The Morgan fingerprint density at radius 3 is 2.76 bits per heavy atom. The Balaban J connectivity index is 1.88. The van der Waals surface area contributed by atoms with E-state index < -0.39 is 0 Å². The zero-order valence-electron chi connectivity index (χ0n) is 11.4. The Morgan fingerprint density at radius 1 is 1.19 bits per heavy atom. The number of furan rings is 1. The number of ether oxygens (including phenoxy) is 1. The van der Waals surface area contributed by atoms with Gasteiger partial charge in [0.25, 0.3) is 0 Å². The Bertz CT molecular complexity index is 805. The Hall–Kier alpha value is -2.26. The van der Waals surface area contributed by atoms with Crippen LogP contribution in [0, 0.1) is 0 Å². The highest BCUT2D eigenvalue weighted by Gasteiger charge is 2.14. The van der Waals surface area contributed by atoms with Gasteiger partial charge in [0.2, 0.25) is 5.78 Å². The topological polar surface area (TPSA) is 39.4 Å². The van der Waals surface area contributed by atoms with Gasteiger partial charge in [-0.05, 0) is 29.8 Å². The normalized spacial score (nSPS) is 10.8. The first-order chi connectivity index (χ1) is 10.2. The van der Waals surface area contributed by atoms with Crippen LogP contribution < -0.4 is 4.74 Å². The van der Waals surface area contributed by atoms with Crippen LogP contribution in [0.4, 0.5) is 0 Å². The molecule has 0 bridgehead atoms.